The highest BCUT2D eigenvalue weighted by molar-refractivity contribution is 5.95. The van der Waals surface area contributed by atoms with Crippen molar-refractivity contribution >= 4 is 17.9 Å². The number of carbonyl (C=O) groups is 2. The molecule has 0 aliphatic carbocycles. The first-order chi connectivity index (χ1) is 16.2. The van der Waals surface area contributed by atoms with E-state index < -0.39 is 41.3 Å². The Balaban J connectivity index is 1.73. The number of hydrogen-bond donors (Lipinski definition) is 2. The van der Waals surface area contributed by atoms with Crippen molar-refractivity contribution in [1.29, 1.82) is 0 Å². The highest BCUT2D eigenvalue weighted by atomic mass is 19.4. The molecule has 35 heavy (non-hydrogen) atoms. The molecule has 1 amide bonds. The average molecular weight is 507 g/mol. The fourth-order valence-corrected chi connectivity index (χ4v) is 3.77. The molecule has 13 heteroatoms. The largest absolute Gasteiger partial charge is 0.430 e. The standard InChI is InChI=1S/C22H20F7N3O3/c23-17-9-14(3-6-18(17)30)19(34)32-8-7-31(16(11-32)12-33)10-13-1-4-15(5-2-13)20(35,21(24,25)26)22(27,28)29/h1-6,9,12,16,35H,7-8,10-11,30H2. The quantitative estimate of drug-likeness (QED) is 0.369. The lowest BCUT2D eigenvalue weighted by Crippen LogP contribution is -2.55. The van der Waals surface area contributed by atoms with Crippen molar-refractivity contribution in [1.82, 2.24) is 9.80 Å². The van der Waals surface area contributed by atoms with E-state index in [2.05, 4.69) is 0 Å². The molecule has 6 nitrogen and oxygen atoms in total. The topological polar surface area (TPSA) is 86.9 Å². The van der Waals surface area contributed by atoms with E-state index in [9.17, 15) is 45.4 Å². The number of piperazine rings is 1. The number of aldehydes is 1. The van der Waals surface area contributed by atoms with Crippen LogP contribution >= 0.6 is 0 Å². The summed E-state index contributed by atoms with van der Waals surface area (Å²) in [5, 5.41) is 9.48. The molecule has 1 aliphatic rings. The first-order valence-corrected chi connectivity index (χ1v) is 10.2. The number of nitrogens with two attached hydrogens (primary N) is 1. The minimum Gasteiger partial charge on any atom is -0.396 e. The maximum Gasteiger partial charge on any atom is 0.430 e. The zero-order chi connectivity index (χ0) is 26.2. The molecule has 1 heterocycles. The van der Waals surface area contributed by atoms with Gasteiger partial charge in [0.2, 0.25) is 0 Å². The van der Waals surface area contributed by atoms with Gasteiger partial charge in [0.1, 0.15) is 12.1 Å². The zero-order valence-electron chi connectivity index (χ0n) is 17.9. The molecule has 2 aromatic carbocycles. The fourth-order valence-electron chi connectivity index (χ4n) is 3.77. The molecule has 0 aromatic heterocycles. The zero-order valence-corrected chi connectivity index (χ0v) is 17.9. The predicted octanol–water partition coefficient (Wildman–Crippen LogP) is 3.25. The van der Waals surface area contributed by atoms with E-state index in [0.717, 1.165) is 18.2 Å². The number of rotatable bonds is 5. The van der Waals surface area contributed by atoms with Gasteiger partial charge in [-0.2, -0.15) is 26.3 Å². The molecule has 3 N–H and O–H groups in total. The van der Waals surface area contributed by atoms with Crippen molar-refractivity contribution < 1.29 is 45.4 Å². The van der Waals surface area contributed by atoms with Gasteiger partial charge in [-0.05, 0) is 23.8 Å². The Morgan fingerprint density at radius 3 is 2.14 bits per heavy atom. The number of benzene rings is 2. The molecular weight excluding hydrogens is 487 g/mol. The normalized spacial score (nSPS) is 17.9. The van der Waals surface area contributed by atoms with Gasteiger partial charge in [0, 0.05) is 37.3 Å². The van der Waals surface area contributed by atoms with Gasteiger partial charge in [-0.1, -0.05) is 24.3 Å². The highest BCUT2D eigenvalue weighted by Crippen LogP contribution is 2.50. The van der Waals surface area contributed by atoms with Crippen molar-refractivity contribution in [2.24, 2.45) is 0 Å². The molecule has 0 saturated carbocycles. The Labute approximate surface area is 194 Å². The van der Waals surface area contributed by atoms with Crippen LogP contribution in [0.5, 0.6) is 0 Å². The van der Waals surface area contributed by atoms with Crippen LogP contribution in [0.2, 0.25) is 0 Å². The van der Waals surface area contributed by atoms with Gasteiger partial charge >= 0.3 is 12.4 Å². The summed E-state index contributed by atoms with van der Waals surface area (Å²) in [5.41, 5.74) is -0.833. The van der Waals surface area contributed by atoms with E-state index in [1.54, 1.807) is 4.90 Å². The van der Waals surface area contributed by atoms with E-state index in [1.165, 1.54) is 17.0 Å². The summed E-state index contributed by atoms with van der Waals surface area (Å²) < 4.78 is 92.0. The molecule has 1 atom stereocenters. The van der Waals surface area contributed by atoms with Crippen LogP contribution in [-0.4, -0.2) is 65.1 Å². The first kappa shape index (κ1) is 26.4. The number of alkyl halides is 6. The SMILES string of the molecule is Nc1ccc(C(=O)N2CCN(Cc3ccc(C(O)(C(F)(F)F)C(F)(F)F)cc3)C(C=O)C2)cc1F. The van der Waals surface area contributed by atoms with Crippen LogP contribution in [0.25, 0.3) is 0 Å². The average Bonchev–Trinajstić information content (AvgIpc) is 2.79. The molecule has 190 valence electrons. The number of nitrogen functional groups attached to an aromatic ring is 1. The third-order valence-electron chi connectivity index (χ3n) is 5.80. The summed E-state index contributed by atoms with van der Waals surface area (Å²) in [6.45, 7) is 0.214. The number of hydrogen-bond acceptors (Lipinski definition) is 5. The number of nitrogens with zero attached hydrogens (tertiary/aromatic N) is 2. The summed E-state index contributed by atoms with van der Waals surface area (Å²) in [4.78, 5) is 27.2. The summed E-state index contributed by atoms with van der Waals surface area (Å²) in [5.74, 6) is -1.30. The Morgan fingerprint density at radius 2 is 1.63 bits per heavy atom. The van der Waals surface area contributed by atoms with Gasteiger partial charge in [-0.15, -0.1) is 0 Å². The Kier molecular flexibility index (Phi) is 7.14. The maximum absolute atomic E-state index is 13.7. The lowest BCUT2D eigenvalue weighted by molar-refractivity contribution is -0.376. The van der Waals surface area contributed by atoms with Gasteiger partial charge in [0.25, 0.3) is 11.5 Å². The second-order valence-corrected chi connectivity index (χ2v) is 8.06. The third kappa shape index (κ3) is 5.10. The van der Waals surface area contributed by atoms with Crippen molar-refractivity contribution in [2.75, 3.05) is 25.4 Å². The van der Waals surface area contributed by atoms with Gasteiger partial charge in [-0.25, -0.2) is 4.39 Å². The monoisotopic (exact) mass is 507 g/mol. The van der Waals surface area contributed by atoms with Crippen molar-refractivity contribution in [2.45, 2.75) is 30.5 Å². The molecule has 1 fully saturated rings. The molecule has 1 saturated heterocycles. The molecule has 1 unspecified atom stereocenters. The lowest BCUT2D eigenvalue weighted by Gasteiger charge is -2.39. The minimum absolute atomic E-state index is 0.0152. The fraction of sp³-hybridized carbons (Fsp3) is 0.364. The predicted molar refractivity (Wildman–Crippen MR) is 109 cm³/mol. The number of amides is 1. The minimum atomic E-state index is -5.99. The molecule has 0 spiro atoms. The Hall–Kier alpha value is -3.19. The van der Waals surface area contributed by atoms with Gasteiger partial charge in [-0.3, -0.25) is 9.69 Å². The van der Waals surface area contributed by atoms with Gasteiger partial charge in [0.05, 0.1) is 11.7 Å². The maximum atomic E-state index is 13.7. The smallest absolute Gasteiger partial charge is 0.396 e. The Morgan fingerprint density at radius 1 is 1.03 bits per heavy atom. The first-order valence-electron chi connectivity index (χ1n) is 10.2. The molecular formula is C22H20F7N3O3. The van der Waals surface area contributed by atoms with E-state index in [4.69, 9.17) is 5.73 Å². The van der Waals surface area contributed by atoms with Crippen LogP contribution in [0.3, 0.4) is 0 Å². The van der Waals surface area contributed by atoms with Crippen LogP contribution in [0.15, 0.2) is 42.5 Å². The summed E-state index contributed by atoms with van der Waals surface area (Å²) in [6.07, 6.45) is -11.4. The number of halogens is 7. The van der Waals surface area contributed by atoms with Crippen molar-refractivity contribution in [3.63, 3.8) is 0 Å². The Bertz CT molecular complexity index is 1070. The summed E-state index contributed by atoms with van der Waals surface area (Å²) in [6, 6.07) is 5.77. The van der Waals surface area contributed by atoms with Crippen LogP contribution in [0, 0.1) is 5.82 Å². The van der Waals surface area contributed by atoms with Crippen LogP contribution in [0.4, 0.5) is 36.4 Å². The number of anilines is 1. The van der Waals surface area contributed by atoms with E-state index >= 15 is 0 Å². The summed E-state index contributed by atoms with van der Waals surface area (Å²) in [7, 11) is 0. The van der Waals surface area contributed by atoms with Crippen molar-refractivity contribution in [3.8, 4) is 0 Å². The summed E-state index contributed by atoms with van der Waals surface area (Å²) >= 11 is 0. The van der Waals surface area contributed by atoms with E-state index in [-0.39, 0.29) is 43.0 Å². The van der Waals surface area contributed by atoms with Crippen LogP contribution < -0.4 is 5.73 Å². The molecule has 0 radical (unpaired) electrons. The second-order valence-electron chi connectivity index (χ2n) is 8.06. The van der Waals surface area contributed by atoms with Gasteiger partial charge < -0.3 is 20.5 Å². The van der Waals surface area contributed by atoms with Gasteiger partial charge in [0.15, 0.2) is 0 Å². The number of carbonyl (C=O) groups excluding carboxylic acids is 2. The second kappa shape index (κ2) is 9.46. The van der Waals surface area contributed by atoms with Crippen LogP contribution in [0.1, 0.15) is 21.5 Å². The number of aliphatic hydroxyl groups is 1. The van der Waals surface area contributed by atoms with E-state index in [0.29, 0.717) is 18.4 Å². The van der Waals surface area contributed by atoms with Crippen molar-refractivity contribution in [3.05, 3.63) is 65.0 Å². The molecule has 1 aliphatic heterocycles. The lowest BCUT2D eigenvalue weighted by atomic mass is 9.91. The molecule has 2 aromatic rings. The van der Waals surface area contributed by atoms with E-state index in [1.807, 2.05) is 0 Å². The highest BCUT2D eigenvalue weighted by Gasteiger charge is 2.71. The third-order valence-corrected chi connectivity index (χ3v) is 5.80. The van der Waals surface area contributed by atoms with Crippen LogP contribution in [-0.2, 0) is 16.9 Å². The molecule has 3 rings (SSSR count). The molecule has 0 bridgehead atoms.